The van der Waals surface area contributed by atoms with Gasteiger partial charge in [-0.2, -0.15) is 0 Å². The van der Waals surface area contributed by atoms with Crippen LogP contribution in [0.4, 0.5) is 0 Å². The monoisotopic (exact) mass is 626 g/mol. The van der Waals surface area contributed by atoms with E-state index in [-0.39, 0.29) is 10.8 Å². The van der Waals surface area contributed by atoms with Crippen molar-refractivity contribution in [3.63, 3.8) is 0 Å². The third-order valence-electron chi connectivity index (χ3n) is 6.45. The first kappa shape index (κ1) is 21.2. The number of halogens is 2. The summed E-state index contributed by atoms with van der Waals surface area (Å²) in [6, 6.07) is 34.2. The van der Waals surface area contributed by atoms with Crippen molar-refractivity contribution in [3.8, 4) is 11.1 Å². The molecule has 0 N–H and O–H groups in total. The minimum Gasteiger partial charge on any atom is -0.0622 e. The minimum atomic E-state index is -0.315. The Hall–Kier alpha value is -1.66. The Labute approximate surface area is 212 Å². The van der Waals surface area contributed by atoms with Gasteiger partial charge < -0.3 is 0 Å². The highest BCUT2D eigenvalue weighted by molar-refractivity contribution is 14.1. The smallest absolute Gasteiger partial charge is 0.0622 e. The topological polar surface area (TPSA) is 0 Å². The first-order valence-corrected chi connectivity index (χ1v) is 12.7. The fourth-order valence-corrected chi connectivity index (χ4v) is 5.95. The van der Waals surface area contributed by atoms with Crippen LogP contribution in [0.25, 0.3) is 11.1 Å². The molecule has 4 aromatic rings. The molecule has 0 aliphatic heterocycles. The van der Waals surface area contributed by atoms with Crippen molar-refractivity contribution in [1.82, 2.24) is 0 Å². The maximum atomic E-state index is 2.45. The standard InChI is InChI=1S/C29H24I2/c1-28(2,3)19-9-11-21(12-10-19)29(20-7-5-4-6-8-20)26-17-22(30)13-15-24(26)25-16-14-23(31)18-27(25)29/h4-18H,1-3H3. The van der Waals surface area contributed by atoms with Crippen LogP contribution in [0, 0.1) is 7.14 Å². The molecule has 1 aliphatic rings. The molecule has 0 heterocycles. The van der Waals surface area contributed by atoms with Crippen LogP contribution < -0.4 is 0 Å². The molecule has 0 radical (unpaired) electrons. The maximum Gasteiger partial charge on any atom is 0.0714 e. The Balaban J connectivity index is 1.91. The average molecular weight is 626 g/mol. The van der Waals surface area contributed by atoms with E-state index in [0.717, 1.165) is 0 Å². The number of benzene rings is 4. The van der Waals surface area contributed by atoms with Gasteiger partial charge in [0.05, 0.1) is 5.41 Å². The molecule has 0 atom stereocenters. The molecule has 0 saturated carbocycles. The van der Waals surface area contributed by atoms with Crippen molar-refractivity contribution < 1.29 is 0 Å². The van der Waals surface area contributed by atoms with E-state index in [1.165, 1.54) is 46.1 Å². The van der Waals surface area contributed by atoms with Gasteiger partial charge in [0.2, 0.25) is 0 Å². The van der Waals surface area contributed by atoms with E-state index < -0.39 is 0 Å². The van der Waals surface area contributed by atoms with Crippen molar-refractivity contribution in [2.75, 3.05) is 0 Å². The largest absolute Gasteiger partial charge is 0.0714 e. The number of fused-ring (bicyclic) bond motifs is 3. The second-order valence-corrected chi connectivity index (χ2v) is 11.8. The lowest BCUT2D eigenvalue weighted by atomic mass is 9.67. The summed E-state index contributed by atoms with van der Waals surface area (Å²) >= 11 is 4.90. The van der Waals surface area contributed by atoms with Gasteiger partial charge in [0.15, 0.2) is 0 Å². The molecule has 1 aliphatic carbocycles. The lowest BCUT2D eigenvalue weighted by Crippen LogP contribution is -2.29. The van der Waals surface area contributed by atoms with Gasteiger partial charge in [0.1, 0.15) is 0 Å². The van der Waals surface area contributed by atoms with Gasteiger partial charge in [0.25, 0.3) is 0 Å². The zero-order valence-electron chi connectivity index (χ0n) is 17.9. The molecule has 0 fully saturated rings. The highest BCUT2D eigenvalue weighted by Gasteiger charge is 2.46. The van der Waals surface area contributed by atoms with E-state index >= 15 is 0 Å². The summed E-state index contributed by atoms with van der Waals surface area (Å²) in [6.07, 6.45) is 0. The second kappa shape index (κ2) is 7.73. The number of rotatable bonds is 2. The van der Waals surface area contributed by atoms with Crippen molar-refractivity contribution in [1.29, 1.82) is 0 Å². The molecule has 0 bridgehead atoms. The molecule has 0 aromatic heterocycles. The van der Waals surface area contributed by atoms with E-state index in [2.05, 4.69) is 157 Å². The number of hydrogen-bond donors (Lipinski definition) is 0. The van der Waals surface area contributed by atoms with Crippen LogP contribution in [-0.4, -0.2) is 0 Å². The van der Waals surface area contributed by atoms with E-state index in [1.54, 1.807) is 0 Å². The SMILES string of the molecule is CC(C)(C)c1ccc(C2(c3ccccc3)c3cc(I)ccc3-c3ccc(I)cc32)cc1. The summed E-state index contributed by atoms with van der Waals surface area (Å²) in [5.41, 5.74) is 9.28. The Bertz CT molecular complexity index is 1210. The van der Waals surface area contributed by atoms with Gasteiger partial charge in [0, 0.05) is 7.14 Å². The molecule has 5 rings (SSSR count). The fourth-order valence-electron chi connectivity index (χ4n) is 4.97. The third-order valence-corrected chi connectivity index (χ3v) is 7.79. The van der Waals surface area contributed by atoms with Crippen LogP contribution in [-0.2, 0) is 10.8 Å². The van der Waals surface area contributed by atoms with Crippen molar-refractivity contribution in [2.24, 2.45) is 0 Å². The fraction of sp³-hybridized carbons (Fsp3) is 0.172. The predicted molar refractivity (Wildman–Crippen MR) is 148 cm³/mol. The Morgan fingerprint density at radius 1 is 0.581 bits per heavy atom. The Morgan fingerprint density at radius 3 is 1.55 bits per heavy atom. The molecule has 0 unspecified atom stereocenters. The predicted octanol–water partition coefficient (Wildman–Crippen LogP) is 8.56. The van der Waals surface area contributed by atoms with Gasteiger partial charge >= 0.3 is 0 Å². The molecular weight excluding hydrogens is 602 g/mol. The van der Waals surface area contributed by atoms with Crippen LogP contribution in [0.15, 0.2) is 91.0 Å². The van der Waals surface area contributed by atoms with E-state index in [1.807, 2.05) is 0 Å². The van der Waals surface area contributed by atoms with Gasteiger partial charge in [-0.15, -0.1) is 0 Å². The third kappa shape index (κ3) is 3.37. The highest BCUT2D eigenvalue weighted by Crippen LogP contribution is 2.56. The first-order valence-electron chi connectivity index (χ1n) is 10.6. The van der Waals surface area contributed by atoms with E-state index in [0.29, 0.717) is 0 Å². The summed E-state index contributed by atoms with van der Waals surface area (Å²) in [6.45, 7) is 6.83. The van der Waals surface area contributed by atoms with Crippen LogP contribution in [0.2, 0.25) is 0 Å². The van der Waals surface area contributed by atoms with Gasteiger partial charge in [-0.05, 0) is 114 Å². The van der Waals surface area contributed by atoms with Crippen molar-refractivity contribution in [3.05, 3.63) is 126 Å². The molecular formula is C29H24I2. The Kier molecular flexibility index (Phi) is 5.29. The quantitative estimate of drug-likeness (QED) is 0.172. The van der Waals surface area contributed by atoms with Gasteiger partial charge in [-0.3, -0.25) is 0 Å². The Morgan fingerprint density at radius 2 is 1.06 bits per heavy atom. The average Bonchev–Trinajstić information content (AvgIpc) is 3.03. The normalized spacial score (nSPS) is 14.2. The first-order chi connectivity index (χ1) is 14.8. The van der Waals surface area contributed by atoms with Crippen LogP contribution >= 0.6 is 45.2 Å². The summed E-state index contributed by atoms with van der Waals surface area (Å²) in [5, 5.41) is 0. The minimum absolute atomic E-state index is 0.134. The molecule has 4 aromatic carbocycles. The lowest BCUT2D eigenvalue weighted by molar-refractivity contribution is 0.589. The molecule has 0 spiro atoms. The number of hydrogen-bond acceptors (Lipinski definition) is 0. The van der Waals surface area contributed by atoms with Gasteiger partial charge in [-0.1, -0.05) is 87.5 Å². The maximum absolute atomic E-state index is 2.45. The highest BCUT2D eigenvalue weighted by atomic mass is 127. The summed E-state index contributed by atoms with van der Waals surface area (Å²) in [4.78, 5) is 0. The van der Waals surface area contributed by atoms with Crippen LogP contribution in [0.1, 0.15) is 48.6 Å². The molecule has 0 saturated heterocycles. The van der Waals surface area contributed by atoms with Crippen LogP contribution in [0.5, 0.6) is 0 Å². The van der Waals surface area contributed by atoms with Crippen molar-refractivity contribution in [2.45, 2.75) is 31.6 Å². The molecule has 31 heavy (non-hydrogen) atoms. The van der Waals surface area contributed by atoms with Crippen LogP contribution in [0.3, 0.4) is 0 Å². The summed E-state index contributed by atoms with van der Waals surface area (Å²) in [5.74, 6) is 0. The summed E-state index contributed by atoms with van der Waals surface area (Å²) < 4.78 is 2.54. The molecule has 154 valence electrons. The summed E-state index contributed by atoms with van der Waals surface area (Å²) in [7, 11) is 0. The molecule has 0 amide bonds. The second-order valence-electron chi connectivity index (χ2n) is 9.32. The van der Waals surface area contributed by atoms with E-state index in [4.69, 9.17) is 0 Å². The lowest BCUT2D eigenvalue weighted by Gasteiger charge is -2.34. The zero-order chi connectivity index (χ0) is 21.8. The van der Waals surface area contributed by atoms with E-state index in [9.17, 15) is 0 Å². The van der Waals surface area contributed by atoms with Gasteiger partial charge in [-0.25, -0.2) is 0 Å². The zero-order valence-corrected chi connectivity index (χ0v) is 22.2. The van der Waals surface area contributed by atoms with Crippen molar-refractivity contribution >= 4 is 45.2 Å². The molecule has 2 heteroatoms. The molecule has 0 nitrogen and oxygen atoms in total.